The van der Waals surface area contributed by atoms with Gasteiger partial charge in [0.2, 0.25) is 15.0 Å². The first kappa shape index (κ1) is 43.4. The molecule has 0 radical (unpaired) electrons. The molecule has 0 aliphatic rings. The third-order valence-electron chi connectivity index (χ3n) is 5.52. The fourth-order valence-corrected chi connectivity index (χ4v) is 6.32. The summed E-state index contributed by atoms with van der Waals surface area (Å²) in [7, 11) is -20.0. The second-order valence-corrected chi connectivity index (χ2v) is 15.1. The van der Waals surface area contributed by atoms with Gasteiger partial charge in [-0.1, -0.05) is 11.6 Å². The molecule has 228 valence electrons. The maximum absolute atomic E-state index is 12.0. The van der Waals surface area contributed by atoms with E-state index >= 15 is 0 Å². The predicted octanol–water partition coefficient (Wildman–Crippen LogP) is -6.12. The molecule has 0 saturated heterocycles. The van der Waals surface area contributed by atoms with Crippen molar-refractivity contribution in [2.24, 2.45) is 10.2 Å². The van der Waals surface area contributed by atoms with E-state index in [-0.39, 0.29) is 117 Å². The molecule has 0 unspecified atom stereocenters. The second-order valence-electron chi connectivity index (χ2n) is 8.72. The molecular formula is C22H15ClN5Na3O11S4. The van der Waals surface area contributed by atoms with Crippen LogP contribution in [0.15, 0.2) is 78.6 Å². The van der Waals surface area contributed by atoms with Crippen molar-refractivity contribution in [3.8, 4) is 0 Å². The average Bonchev–Trinajstić information content (AvgIpc) is 2.87. The molecule has 4 rings (SSSR count). The van der Waals surface area contributed by atoms with E-state index in [0.717, 1.165) is 12.3 Å². The van der Waals surface area contributed by atoms with Crippen LogP contribution in [0.1, 0.15) is 5.69 Å². The van der Waals surface area contributed by atoms with Gasteiger partial charge in [0.25, 0.3) is 0 Å². The summed E-state index contributed by atoms with van der Waals surface area (Å²) >= 11 is 6.19. The summed E-state index contributed by atoms with van der Waals surface area (Å²) in [6, 6.07) is 7.97. The van der Waals surface area contributed by atoms with Crippen LogP contribution < -0.4 is 94.0 Å². The van der Waals surface area contributed by atoms with E-state index in [1.807, 2.05) is 0 Å². The van der Waals surface area contributed by atoms with Crippen LogP contribution in [-0.4, -0.2) is 63.6 Å². The smallest absolute Gasteiger partial charge is 0.744 e. The van der Waals surface area contributed by atoms with E-state index in [2.05, 4.69) is 25.5 Å². The van der Waals surface area contributed by atoms with Gasteiger partial charge in [0, 0.05) is 22.7 Å². The number of benzene rings is 3. The van der Waals surface area contributed by atoms with Crippen LogP contribution in [-0.2, 0) is 40.2 Å². The van der Waals surface area contributed by atoms with Gasteiger partial charge in [-0.2, -0.15) is 15.2 Å². The van der Waals surface area contributed by atoms with E-state index in [0.29, 0.717) is 17.8 Å². The molecule has 0 fully saturated rings. The number of hydrogen-bond donors (Lipinski definition) is 1. The zero-order chi connectivity index (χ0) is 32.1. The van der Waals surface area contributed by atoms with Gasteiger partial charge in [0.05, 0.1) is 31.8 Å². The van der Waals surface area contributed by atoms with Gasteiger partial charge in [0.1, 0.15) is 35.4 Å². The summed E-state index contributed by atoms with van der Waals surface area (Å²) in [5.74, 6) is 0.00329. The van der Waals surface area contributed by atoms with Crippen LogP contribution >= 0.6 is 11.6 Å². The van der Waals surface area contributed by atoms with Crippen molar-refractivity contribution in [2.75, 3.05) is 11.6 Å². The van der Waals surface area contributed by atoms with Crippen molar-refractivity contribution < 1.29 is 136 Å². The molecule has 0 saturated carbocycles. The van der Waals surface area contributed by atoms with Gasteiger partial charge in [-0.05, 0) is 55.5 Å². The van der Waals surface area contributed by atoms with Crippen LogP contribution in [0.3, 0.4) is 0 Å². The Kier molecular flexibility index (Phi) is 15.0. The third-order valence-corrected chi connectivity index (χ3v) is 9.38. The Bertz CT molecular complexity index is 2290. The van der Waals surface area contributed by atoms with E-state index in [4.69, 9.17) is 11.6 Å². The molecule has 3 aromatic carbocycles. The van der Waals surface area contributed by atoms with Gasteiger partial charge in [-0.15, -0.1) is 0 Å². The maximum Gasteiger partial charge on any atom is 1.00 e. The average molecular weight is 758 g/mol. The van der Waals surface area contributed by atoms with Gasteiger partial charge in [-0.25, -0.2) is 38.7 Å². The monoisotopic (exact) mass is 757 g/mol. The van der Waals surface area contributed by atoms with Gasteiger partial charge >= 0.3 is 88.7 Å². The van der Waals surface area contributed by atoms with Crippen molar-refractivity contribution in [2.45, 2.75) is 26.8 Å². The molecule has 1 N–H and O–H groups in total. The Balaban J connectivity index is 0.00000353. The zero-order valence-electron chi connectivity index (χ0n) is 24.4. The molecule has 0 aliphatic carbocycles. The molecule has 4 aromatic rings. The first-order valence-corrected chi connectivity index (χ1v) is 17.7. The number of halogens is 1. The topological polar surface area (TPSA) is 268 Å². The Morgan fingerprint density at radius 1 is 0.696 bits per heavy atom. The molecule has 1 heterocycles. The summed E-state index contributed by atoms with van der Waals surface area (Å²) in [4.78, 5) is 4.10. The summed E-state index contributed by atoms with van der Waals surface area (Å²) < 4.78 is 130. The molecule has 0 spiro atoms. The van der Waals surface area contributed by atoms with Crippen LogP contribution in [0.5, 0.6) is 0 Å². The Morgan fingerprint density at radius 3 is 1.70 bits per heavy atom. The molecular weight excluding hydrogens is 743 g/mol. The largest absolute Gasteiger partial charge is 1.00 e. The van der Waals surface area contributed by atoms with Gasteiger partial charge < -0.3 is 19.0 Å². The predicted molar refractivity (Wildman–Crippen MR) is 147 cm³/mol. The van der Waals surface area contributed by atoms with Crippen molar-refractivity contribution in [1.82, 2.24) is 9.97 Å². The Labute approximate surface area is 334 Å². The number of nitrogens with one attached hydrogen (secondary N) is 1. The normalized spacial score (nSPS) is 12.2. The summed E-state index contributed by atoms with van der Waals surface area (Å²) in [5.41, 5.74) is 0.309. The Hall–Kier alpha value is -0.630. The molecule has 0 atom stereocenters. The van der Waals surface area contributed by atoms with Crippen LogP contribution in [0.4, 0.5) is 22.9 Å². The SMILES string of the molecule is Cc1nc(S(C)(=O)=O)nc(Nc2ccc(N=Nc3cc(S(=O)(=O)[O-])c4cc(S(=O)(=O)[O-])cc(S(=O)(=O)[O-])c4c3)cc2)c1Cl.[Na+].[Na+].[Na+]. The van der Waals surface area contributed by atoms with Gasteiger partial charge in [-0.3, -0.25) is 0 Å². The number of azo groups is 1. The fraction of sp³-hybridized carbons (Fsp3) is 0.0909. The van der Waals surface area contributed by atoms with Crippen LogP contribution in [0.2, 0.25) is 5.02 Å². The molecule has 0 amide bonds. The molecule has 0 aliphatic heterocycles. The first-order valence-electron chi connectivity index (χ1n) is 11.2. The summed E-state index contributed by atoms with van der Waals surface area (Å²) in [6.07, 6.45) is 0.929. The number of aromatic nitrogens is 2. The summed E-state index contributed by atoms with van der Waals surface area (Å²) in [6.45, 7) is 1.49. The number of sulfone groups is 1. The number of aryl methyl sites for hydroxylation is 1. The van der Waals surface area contributed by atoms with Crippen molar-refractivity contribution in [3.05, 3.63) is 59.2 Å². The number of rotatable bonds is 8. The van der Waals surface area contributed by atoms with E-state index in [1.165, 1.54) is 31.2 Å². The second kappa shape index (κ2) is 15.9. The number of anilines is 2. The van der Waals surface area contributed by atoms with Crippen LogP contribution in [0.25, 0.3) is 10.8 Å². The minimum Gasteiger partial charge on any atom is -0.744 e. The summed E-state index contributed by atoms with van der Waals surface area (Å²) in [5, 5.41) is 8.64. The third kappa shape index (κ3) is 10.4. The van der Waals surface area contributed by atoms with E-state index in [9.17, 15) is 47.3 Å². The number of hydrogen-bond acceptors (Lipinski definition) is 16. The molecule has 1 aromatic heterocycles. The molecule has 16 nitrogen and oxygen atoms in total. The minimum absolute atomic E-state index is 0. The molecule has 46 heavy (non-hydrogen) atoms. The fourth-order valence-electron chi connectivity index (χ4n) is 3.62. The van der Waals surface area contributed by atoms with Crippen LogP contribution in [0, 0.1) is 6.92 Å². The molecule has 0 bridgehead atoms. The quantitative estimate of drug-likeness (QED) is 0.0759. The standard InChI is InChI=1S/C22H18ClN5O11S4.3Na/c1-11-20(23)21(26-22(24-11)40(2,29)30)25-12-3-5-13(6-4-12)27-28-14-7-16-17(18(8-14)42(34,35)36)9-15(41(31,32)33)10-19(16)43(37,38)39;;;/h3-10H,1-2H3,(H,24,25,26)(H,31,32,33)(H,34,35,36)(H,37,38,39);;;/q;3*+1/p-3. The van der Waals surface area contributed by atoms with Crippen molar-refractivity contribution >= 4 is 85.4 Å². The number of fused-ring (bicyclic) bond motifs is 1. The van der Waals surface area contributed by atoms with Crippen molar-refractivity contribution in [3.63, 3.8) is 0 Å². The van der Waals surface area contributed by atoms with E-state index in [1.54, 1.807) is 0 Å². The number of nitrogens with zero attached hydrogens (tertiary/aromatic N) is 4. The maximum atomic E-state index is 12.0. The minimum atomic E-state index is -5.49. The first-order chi connectivity index (χ1) is 19.6. The zero-order valence-corrected chi connectivity index (χ0v) is 34.4. The Morgan fingerprint density at radius 2 is 1.20 bits per heavy atom. The molecule has 24 heteroatoms. The van der Waals surface area contributed by atoms with Crippen molar-refractivity contribution in [1.29, 1.82) is 0 Å². The van der Waals surface area contributed by atoms with E-state index < -0.39 is 76.5 Å². The van der Waals surface area contributed by atoms with Gasteiger partial charge in [0.15, 0.2) is 5.82 Å².